The second-order valence-electron chi connectivity index (χ2n) is 14.4. The monoisotopic (exact) mass is 742 g/mol. The molecule has 0 radical (unpaired) electrons. The Kier molecular flexibility index (Phi) is 22.1. The zero-order valence-corrected chi connectivity index (χ0v) is 32.2. The topological polar surface area (TPSA) is 116 Å². The lowest BCUT2D eigenvalue weighted by atomic mass is 9.77. The van der Waals surface area contributed by atoms with Crippen molar-refractivity contribution in [3.05, 3.63) is 108 Å². The Balaban J connectivity index is 1.29. The van der Waals surface area contributed by atoms with Gasteiger partial charge in [0.05, 0.1) is 0 Å². The molecule has 0 aliphatic rings. The number of carbonyl (C=O) groups is 4. The van der Waals surface area contributed by atoms with Crippen LogP contribution in [-0.4, -0.2) is 29.0 Å². The van der Waals surface area contributed by atoms with E-state index in [4.69, 9.17) is 14.2 Å². The summed E-state index contributed by atoms with van der Waals surface area (Å²) in [6.07, 6.45) is 16.2. The first-order valence-corrected chi connectivity index (χ1v) is 20.2. The van der Waals surface area contributed by atoms with Crippen molar-refractivity contribution < 1.29 is 38.5 Å². The number of benzene rings is 3. The van der Waals surface area contributed by atoms with Crippen molar-refractivity contribution in [1.82, 2.24) is 0 Å². The van der Waals surface area contributed by atoms with Crippen LogP contribution in [-0.2, 0) is 53.2 Å². The van der Waals surface area contributed by atoms with Crippen molar-refractivity contribution in [2.24, 2.45) is 5.41 Å². The molecule has 54 heavy (non-hydrogen) atoms. The zero-order chi connectivity index (χ0) is 38.5. The third kappa shape index (κ3) is 18.5. The number of hydrogen-bond acceptors (Lipinski definition) is 7. The van der Waals surface area contributed by atoms with Crippen LogP contribution in [0.25, 0.3) is 0 Å². The predicted molar refractivity (Wildman–Crippen MR) is 211 cm³/mol. The van der Waals surface area contributed by atoms with Crippen LogP contribution in [0.3, 0.4) is 0 Å². The fourth-order valence-electron chi connectivity index (χ4n) is 6.63. The molecular formula is C46H62O8. The molecule has 0 aliphatic heterocycles. The van der Waals surface area contributed by atoms with E-state index in [0.29, 0.717) is 38.9 Å². The van der Waals surface area contributed by atoms with E-state index in [9.17, 15) is 24.3 Å². The van der Waals surface area contributed by atoms with E-state index in [1.807, 2.05) is 91.0 Å². The molecular weight excluding hydrogens is 680 g/mol. The highest BCUT2D eigenvalue weighted by molar-refractivity contribution is 5.99. The average molecular weight is 743 g/mol. The molecule has 0 fully saturated rings. The molecule has 0 saturated carbocycles. The second-order valence-corrected chi connectivity index (χ2v) is 14.4. The second kappa shape index (κ2) is 27.2. The molecule has 0 aliphatic carbocycles. The van der Waals surface area contributed by atoms with E-state index in [1.165, 1.54) is 0 Å². The Bertz CT molecular complexity index is 1380. The molecule has 0 aromatic heterocycles. The Hall–Kier alpha value is -4.46. The van der Waals surface area contributed by atoms with Crippen LogP contribution in [0.1, 0.15) is 145 Å². The fourth-order valence-corrected chi connectivity index (χ4v) is 6.63. The molecule has 0 atom stereocenters. The van der Waals surface area contributed by atoms with E-state index in [0.717, 1.165) is 107 Å². The number of aliphatic carboxylic acids is 1. The molecule has 0 spiro atoms. The minimum Gasteiger partial charge on any atom is -0.480 e. The number of carboxylic acids is 1. The molecule has 8 heteroatoms. The largest absolute Gasteiger partial charge is 0.480 e. The van der Waals surface area contributed by atoms with Crippen LogP contribution < -0.4 is 0 Å². The van der Waals surface area contributed by atoms with Gasteiger partial charge in [-0.05, 0) is 42.4 Å². The molecule has 1 N–H and O–H groups in total. The van der Waals surface area contributed by atoms with Gasteiger partial charge in [-0.2, -0.15) is 0 Å². The van der Waals surface area contributed by atoms with Crippen LogP contribution in [0.2, 0.25) is 0 Å². The zero-order valence-electron chi connectivity index (χ0n) is 32.2. The van der Waals surface area contributed by atoms with Crippen molar-refractivity contribution in [2.45, 2.75) is 148 Å². The highest BCUT2D eigenvalue weighted by atomic mass is 16.5. The van der Waals surface area contributed by atoms with Gasteiger partial charge in [-0.3, -0.25) is 19.2 Å². The number of unbranched alkanes of at least 4 members (excludes halogenated alkanes) is 14. The first kappa shape index (κ1) is 43.9. The summed E-state index contributed by atoms with van der Waals surface area (Å²) in [4.78, 5) is 50.3. The summed E-state index contributed by atoms with van der Waals surface area (Å²) in [5, 5.41) is 10.4. The molecule has 0 bridgehead atoms. The lowest BCUT2D eigenvalue weighted by molar-refractivity contribution is -0.171. The minimum absolute atomic E-state index is 0.0597. The molecule has 0 unspecified atom stereocenters. The van der Waals surface area contributed by atoms with Crippen LogP contribution in [0, 0.1) is 5.41 Å². The molecule has 3 aromatic carbocycles. The number of hydrogen-bond donors (Lipinski definition) is 1. The van der Waals surface area contributed by atoms with Gasteiger partial charge in [-0.15, -0.1) is 0 Å². The normalized spacial score (nSPS) is 11.2. The predicted octanol–water partition coefficient (Wildman–Crippen LogP) is 11.1. The Morgan fingerprint density at radius 3 is 1.04 bits per heavy atom. The first-order chi connectivity index (χ1) is 26.4. The van der Waals surface area contributed by atoms with Crippen molar-refractivity contribution >= 4 is 23.9 Å². The first-order valence-electron chi connectivity index (χ1n) is 20.2. The van der Waals surface area contributed by atoms with Crippen LogP contribution >= 0.6 is 0 Å². The van der Waals surface area contributed by atoms with Crippen LogP contribution in [0.5, 0.6) is 0 Å². The molecule has 3 aromatic rings. The van der Waals surface area contributed by atoms with E-state index in [1.54, 1.807) is 0 Å². The van der Waals surface area contributed by atoms with Gasteiger partial charge in [0.1, 0.15) is 19.8 Å². The van der Waals surface area contributed by atoms with Gasteiger partial charge in [0.25, 0.3) is 0 Å². The number of ether oxygens (including phenoxy) is 3. The fraction of sp³-hybridized carbons (Fsp3) is 0.522. The van der Waals surface area contributed by atoms with Gasteiger partial charge >= 0.3 is 23.9 Å². The van der Waals surface area contributed by atoms with E-state index >= 15 is 0 Å². The molecule has 3 rings (SSSR count). The molecule has 0 heterocycles. The summed E-state index contributed by atoms with van der Waals surface area (Å²) in [7, 11) is 0. The highest BCUT2D eigenvalue weighted by Crippen LogP contribution is 2.35. The molecule has 8 nitrogen and oxygen atoms in total. The van der Waals surface area contributed by atoms with Crippen molar-refractivity contribution in [3.63, 3.8) is 0 Å². The number of carboxylic acid groups (broad SMARTS) is 1. The smallest absolute Gasteiger partial charge is 0.323 e. The lowest BCUT2D eigenvalue weighted by Gasteiger charge is -2.27. The van der Waals surface area contributed by atoms with Gasteiger partial charge in [0, 0.05) is 12.8 Å². The van der Waals surface area contributed by atoms with Crippen molar-refractivity contribution in [2.75, 3.05) is 0 Å². The van der Waals surface area contributed by atoms with Crippen LogP contribution in [0.15, 0.2) is 91.0 Å². The lowest BCUT2D eigenvalue weighted by Crippen LogP contribution is -2.41. The maximum Gasteiger partial charge on any atom is 0.323 e. The van der Waals surface area contributed by atoms with E-state index < -0.39 is 17.4 Å². The van der Waals surface area contributed by atoms with Gasteiger partial charge in [0.15, 0.2) is 5.41 Å². The molecule has 0 amide bonds. The summed E-state index contributed by atoms with van der Waals surface area (Å²) in [6.45, 7) is 0.685. The highest BCUT2D eigenvalue weighted by Gasteiger charge is 2.46. The third-order valence-corrected chi connectivity index (χ3v) is 9.97. The number of rotatable bonds is 30. The maximum atomic E-state index is 13.5. The van der Waals surface area contributed by atoms with Crippen molar-refractivity contribution in [1.29, 1.82) is 0 Å². The quantitative estimate of drug-likeness (QED) is 0.0310. The Labute approximate surface area is 323 Å². The standard InChI is InChI=1S/C46H62O8/c47-42(52-36-39-26-16-13-17-27-39)32-22-9-5-1-3-7-11-24-34-46(44(49)50,45(51)54-38-41-30-20-15-21-31-41)35-25-12-8-4-2-6-10-23-33-43(48)53-37-40-28-18-14-19-29-40/h13-21,26-31H,1-12,22-25,32-38H2,(H,49,50). The summed E-state index contributed by atoms with van der Waals surface area (Å²) < 4.78 is 16.3. The molecule has 294 valence electrons. The third-order valence-electron chi connectivity index (χ3n) is 9.97. The molecule has 0 saturated heterocycles. The minimum atomic E-state index is -1.54. The summed E-state index contributed by atoms with van der Waals surface area (Å²) in [5.74, 6) is -2.05. The Morgan fingerprint density at radius 2 is 0.704 bits per heavy atom. The Morgan fingerprint density at radius 1 is 0.407 bits per heavy atom. The summed E-state index contributed by atoms with van der Waals surface area (Å²) in [6, 6.07) is 28.7. The SMILES string of the molecule is O=C(CCCCCCCCCCC(CCCCCCCCCCC(=O)OCc1ccccc1)(C(=O)O)C(=O)OCc1ccccc1)OCc1ccccc1. The average Bonchev–Trinajstić information content (AvgIpc) is 3.20. The summed E-state index contributed by atoms with van der Waals surface area (Å²) >= 11 is 0. The van der Waals surface area contributed by atoms with Gasteiger partial charge in [0.2, 0.25) is 0 Å². The van der Waals surface area contributed by atoms with Crippen LogP contribution in [0.4, 0.5) is 0 Å². The van der Waals surface area contributed by atoms with Crippen molar-refractivity contribution in [3.8, 4) is 0 Å². The van der Waals surface area contributed by atoms with Gasteiger partial charge in [-0.25, -0.2) is 0 Å². The van der Waals surface area contributed by atoms with Gasteiger partial charge < -0.3 is 19.3 Å². The summed E-state index contributed by atoms with van der Waals surface area (Å²) in [5.41, 5.74) is 1.27. The van der Waals surface area contributed by atoms with Gasteiger partial charge in [-0.1, -0.05) is 181 Å². The van der Waals surface area contributed by atoms with E-state index in [-0.39, 0.29) is 31.4 Å². The van der Waals surface area contributed by atoms with E-state index in [2.05, 4.69) is 0 Å². The maximum absolute atomic E-state index is 13.5. The number of carbonyl (C=O) groups excluding carboxylic acids is 3. The number of esters is 3.